The minimum atomic E-state index is -0.565. The lowest BCUT2D eigenvalue weighted by atomic mass is 9.96. The largest absolute Gasteiger partial charge is 0.426 e. The number of rotatable bonds is 4. The molecule has 1 saturated heterocycles. The van der Waals surface area contributed by atoms with Crippen LogP contribution in [-0.2, 0) is 15.0 Å². The SMILES string of the molecule is O=C1CCCN1c1cccc(OC(=O)C2(c3ccc(Cl)cc3)CC2)c1. The normalized spacial score (nSPS) is 18.3. The van der Waals surface area contributed by atoms with Crippen LogP contribution in [0.25, 0.3) is 0 Å². The Labute approximate surface area is 151 Å². The maximum Gasteiger partial charge on any atom is 0.321 e. The Kier molecular flexibility index (Phi) is 4.00. The van der Waals surface area contributed by atoms with E-state index in [1.807, 2.05) is 24.3 Å². The van der Waals surface area contributed by atoms with Crippen LogP contribution in [0.2, 0.25) is 5.02 Å². The molecule has 2 aliphatic rings. The Morgan fingerprint density at radius 1 is 1.12 bits per heavy atom. The molecule has 5 heteroatoms. The molecule has 1 amide bonds. The first-order valence-electron chi connectivity index (χ1n) is 8.47. The van der Waals surface area contributed by atoms with E-state index in [0.29, 0.717) is 23.7 Å². The van der Waals surface area contributed by atoms with Crippen LogP contribution in [0.4, 0.5) is 5.69 Å². The van der Waals surface area contributed by atoms with Crippen molar-refractivity contribution in [3.05, 3.63) is 59.1 Å². The second-order valence-corrected chi connectivity index (χ2v) is 7.06. The molecule has 0 radical (unpaired) electrons. The number of ether oxygens (including phenoxy) is 1. The topological polar surface area (TPSA) is 46.6 Å². The smallest absolute Gasteiger partial charge is 0.321 e. The zero-order valence-corrected chi connectivity index (χ0v) is 14.5. The standard InChI is InChI=1S/C20H18ClNO3/c21-15-8-6-14(7-9-15)20(10-11-20)19(24)25-17-4-1-3-16(13-17)22-12-2-5-18(22)23/h1,3-4,6-9,13H,2,5,10-12H2. The molecule has 1 aliphatic carbocycles. The second kappa shape index (κ2) is 6.19. The average Bonchev–Trinajstić information content (AvgIpc) is 3.31. The van der Waals surface area contributed by atoms with E-state index in [-0.39, 0.29) is 11.9 Å². The summed E-state index contributed by atoms with van der Waals surface area (Å²) in [4.78, 5) is 26.4. The molecule has 0 aromatic heterocycles. The van der Waals surface area contributed by atoms with E-state index < -0.39 is 5.41 Å². The molecule has 0 spiro atoms. The lowest BCUT2D eigenvalue weighted by Crippen LogP contribution is -2.26. The van der Waals surface area contributed by atoms with Gasteiger partial charge in [0, 0.05) is 29.7 Å². The zero-order chi connectivity index (χ0) is 17.4. The fraction of sp³-hybridized carbons (Fsp3) is 0.300. The summed E-state index contributed by atoms with van der Waals surface area (Å²) in [6.07, 6.45) is 2.99. The van der Waals surface area contributed by atoms with Crippen molar-refractivity contribution in [3.8, 4) is 5.75 Å². The Morgan fingerprint density at radius 2 is 1.88 bits per heavy atom. The highest BCUT2D eigenvalue weighted by molar-refractivity contribution is 6.30. The summed E-state index contributed by atoms with van der Waals surface area (Å²) in [7, 11) is 0. The van der Waals surface area contributed by atoms with E-state index >= 15 is 0 Å². The number of halogens is 1. The summed E-state index contributed by atoms with van der Waals surface area (Å²) >= 11 is 5.93. The summed E-state index contributed by atoms with van der Waals surface area (Å²) in [6.45, 7) is 0.713. The van der Waals surface area contributed by atoms with Crippen LogP contribution in [0.15, 0.2) is 48.5 Å². The Morgan fingerprint density at radius 3 is 2.52 bits per heavy atom. The molecule has 0 bridgehead atoms. The molecule has 25 heavy (non-hydrogen) atoms. The van der Waals surface area contributed by atoms with E-state index in [1.165, 1.54) is 0 Å². The second-order valence-electron chi connectivity index (χ2n) is 6.62. The van der Waals surface area contributed by atoms with Gasteiger partial charge in [-0.25, -0.2) is 0 Å². The monoisotopic (exact) mass is 355 g/mol. The lowest BCUT2D eigenvalue weighted by Gasteiger charge is -2.18. The predicted octanol–water partition coefficient (Wildman–Crippen LogP) is 4.10. The van der Waals surface area contributed by atoms with Crippen molar-refractivity contribution in [2.45, 2.75) is 31.1 Å². The van der Waals surface area contributed by atoms with Gasteiger partial charge >= 0.3 is 5.97 Å². The van der Waals surface area contributed by atoms with Gasteiger partial charge in [-0.1, -0.05) is 29.8 Å². The van der Waals surface area contributed by atoms with Crippen LogP contribution in [0, 0.1) is 0 Å². The van der Waals surface area contributed by atoms with E-state index in [9.17, 15) is 9.59 Å². The van der Waals surface area contributed by atoms with Gasteiger partial charge in [-0.3, -0.25) is 9.59 Å². The summed E-state index contributed by atoms with van der Waals surface area (Å²) in [5.41, 5.74) is 1.15. The molecule has 0 unspecified atom stereocenters. The van der Waals surface area contributed by atoms with Gasteiger partial charge < -0.3 is 9.64 Å². The molecule has 4 rings (SSSR count). The molecule has 1 saturated carbocycles. The third-order valence-electron chi connectivity index (χ3n) is 4.95. The van der Waals surface area contributed by atoms with E-state index in [4.69, 9.17) is 16.3 Å². The number of hydrogen-bond acceptors (Lipinski definition) is 3. The van der Waals surface area contributed by atoms with Gasteiger partial charge in [0.05, 0.1) is 5.41 Å². The van der Waals surface area contributed by atoms with Crippen LogP contribution < -0.4 is 9.64 Å². The highest BCUT2D eigenvalue weighted by atomic mass is 35.5. The Balaban J connectivity index is 1.53. The minimum Gasteiger partial charge on any atom is -0.426 e. The molecule has 0 N–H and O–H groups in total. The van der Waals surface area contributed by atoms with Gasteiger partial charge in [0.1, 0.15) is 5.75 Å². The minimum absolute atomic E-state index is 0.114. The molecule has 2 aromatic carbocycles. The fourth-order valence-electron chi connectivity index (χ4n) is 3.35. The van der Waals surface area contributed by atoms with Crippen molar-refractivity contribution in [1.82, 2.24) is 0 Å². The summed E-state index contributed by atoms with van der Waals surface area (Å²) in [5, 5.41) is 0.649. The molecule has 1 aliphatic heterocycles. The highest BCUT2D eigenvalue weighted by Gasteiger charge is 2.53. The number of anilines is 1. The van der Waals surface area contributed by atoms with Gasteiger partial charge in [0.25, 0.3) is 0 Å². The van der Waals surface area contributed by atoms with Crippen LogP contribution >= 0.6 is 11.6 Å². The maximum absolute atomic E-state index is 12.7. The van der Waals surface area contributed by atoms with Crippen LogP contribution in [0.1, 0.15) is 31.2 Å². The first kappa shape index (κ1) is 16.2. The number of amides is 1. The van der Waals surface area contributed by atoms with Gasteiger partial charge in [0.2, 0.25) is 5.91 Å². The molecular weight excluding hydrogens is 338 g/mol. The molecule has 2 aromatic rings. The van der Waals surface area contributed by atoms with Gasteiger partial charge in [0.15, 0.2) is 0 Å². The van der Waals surface area contributed by atoms with Gasteiger partial charge in [-0.2, -0.15) is 0 Å². The molecule has 0 atom stereocenters. The quantitative estimate of drug-likeness (QED) is 0.612. The lowest BCUT2D eigenvalue weighted by molar-refractivity contribution is -0.137. The molecule has 2 fully saturated rings. The summed E-state index contributed by atoms with van der Waals surface area (Å²) < 4.78 is 5.65. The highest BCUT2D eigenvalue weighted by Crippen LogP contribution is 2.49. The number of hydrogen-bond donors (Lipinski definition) is 0. The van der Waals surface area contributed by atoms with Crippen molar-refractivity contribution in [1.29, 1.82) is 0 Å². The third-order valence-corrected chi connectivity index (χ3v) is 5.20. The fourth-order valence-corrected chi connectivity index (χ4v) is 3.47. The molecular formula is C20H18ClNO3. The number of carbonyl (C=O) groups excluding carboxylic acids is 2. The first-order valence-corrected chi connectivity index (χ1v) is 8.85. The predicted molar refractivity (Wildman–Crippen MR) is 96.0 cm³/mol. The Hall–Kier alpha value is -2.33. The third kappa shape index (κ3) is 3.02. The molecule has 1 heterocycles. The van der Waals surface area contributed by atoms with Crippen molar-refractivity contribution < 1.29 is 14.3 Å². The number of carbonyl (C=O) groups is 2. The number of nitrogens with zero attached hydrogens (tertiary/aromatic N) is 1. The van der Waals surface area contributed by atoms with E-state index in [0.717, 1.165) is 30.5 Å². The summed E-state index contributed by atoms with van der Waals surface area (Å²) in [6, 6.07) is 14.6. The van der Waals surface area contributed by atoms with E-state index in [2.05, 4.69) is 0 Å². The molecule has 128 valence electrons. The molecule has 4 nitrogen and oxygen atoms in total. The van der Waals surface area contributed by atoms with Crippen molar-refractivity contribution in [2.24, 2.45) is 0 Å². The van der Waals surface area contributed by atoms with Crippen LogP contribution in [0.3, 0.4) is 0 Å². The van der Waals surface area contributed by atoms with Crippen molar-refractivity contribution in [2.75, 3.05) is 11.4 Å². The van der Waals surface area contributed by atoms with Crippen LogP contribution in [-0.4, -0.2) is 18.4 Å². The summed E-state index contributed by atoms with van der Waals surface area (Å²) in [5.74, 6) is 0.338. The number of esters is 1. The van der Waals surface area contributed by atoms with Gasteiger partial charge in [-0.15, -0.1) is 0 Å². The number of benzene rings is 2. The van der Waals surface area contributed by atoms with E-state index in [1.54, 1.807) is 29.2 Å². The van der Waals surface area contributed by atoms with Crippen molar-refractivity contribution in [3.63, 3.8) is 0 Å². The zero-order valence-electron chi connectivity index (χ0n) is 13.7. The van der Waals surface area contributed by atoms with Crippen LogP contribution in [0.5, 0.6) is 5.75 Å². The average molecular weight is 356 g/mol. The maximum atomic E-state index is 12.7. The van der Waals surface area contributed by atoms with Crippen molar-refractivity contribution >= 4 is 29.2 Å². The van der Waals surface area contributed by atoms with Gasteiger partial charge in [-0.05, 0) is 49.1 Å². The first-order chi connectivity index (χ1) is 12.1. The Bertz CT molecular complexity index is 827.